The van der Waals surface area contributed by atoms with Crippen LogP contribution in [0.15, 0.2) is 6.20 Å². The number of aliphatic carboxylic acids is 1. The predicted molar refractivity (Wildman–Crippen MR) is 60.3 cm³/mol. The summed E-state index contributed by atoms with van der Waals surface area (Å²) in [6, 6.07) is -1.39. The molecule has 1 atom stereocenters. The molecule has 1 rings (SSSR count). The number of hydrogen-bond acceptors (Lipinski definition) is 5. The Balaban J connectivity index is 2.82. The maximum Gasteiger partial charge on any atom is 0.326 e. The fourth-order valence-electron chi connectivity index (χ4n) is 1.26. The number of amides is 2. The maximum atomic E-state index is 11.7. The van der Waals surface area contributed by atoms with E-state index >= 15 is 0 Å². The number of nitrogens with one attached hydrogen (secondary N) is 1. The van der Waals surface area contributed by atoms with Crippen molar-refractivity contribution in [1.29, 1.82) is 0 Å². The second-order valence-electron chi connectivity index (χ2n) is 3.60. The van der Waals surface area contributed by atoms with E-state index in [0.717, 1.165) is 0 Å². The van der Waals surface area contributed by atoms with Crippen LogP contribution in [0.5, 0.6) is 0 Å². The van der Waals surface area contributed by atoms with Gasteiger partial charge in [0.1, 0.15) is 17.4 Å². The van der Waals surface area contributed by atoms with Gasteiger partial charge in [0.2, 0.25) is 5.91 Å². The summed E-state index contributed by atoms with van der Waals surface area (Å²) in [6.07, 6.45) is 0.703. The van der Waals surface area contributed by atoms with Gasteiger partial charge in [-0.05, 0) is 0 Å². The van der Waals surface area contributed by atoms with Crippen LogP contribution in [0.25, 0.3) is 0 Å². The summed E-state index contributed by atoms with van der Waals surface area (Å²) in [5.74, 6) is -2.82. The fourth-order valence-corrected chi connectivity index (χ4v) is 1.26. The van der Waals surface area contributed by atoms with Crippen molar-refractivity contribution in [2.24, 2.45) is 12.8 Å². The van der Waals surface area contributed by atoms with Gasteiger partial charge in [0.05, 0.1) is 12.6 Å². The standard InChI is InChI=1S/C9H13N5O4/c1-14-7(11)4(3-12-14)8(16)13-5(9(17)18)2-6(10)15/h3,5H,2,11H2,1H3,(H2,10,15)(H,13,16)(H,17,18). The lowest BCUT2D eigenvalue weighted by Crippen LogP contribution is -2.43. The first-order valence-electron chi connectivity index (χ1n) is 4.92. The van der Waals surface area contributed by atoms with Crippen LogP contribution in [0.2, 0.25) is 0 Å². The molecule has 6 N–H and O–H groups in total. The Labute approximate surface area is 102 Å². The van der Waals surface area contributed by atoms with E-state index in [1.54, 1.807) is 0 Å². The molecule has 0 radical (unpaired) electrons. The molecule has 0 fully saturated rings. The van der Waals surface area contributed by atoms with Gasteiger partial charge in [-0.1, -0.05) is 0 Å². The Hall–Kier alpha value is -2.58. The zero-order valence-corrected chi connectivity index (χ0v) is 9.58. The van der Waals surface area contributed by atoms with Crippen LogP contribution in [0, 0.1) is 0 Å². The zero-order valence-electron chi connectivity index (χ0n) is 9.58. The monoisotopic (exact) mass is 255 g/mol. The van der Waals surface area contributed by atoms with Gasteiger partial charge in [-0.3, -0.25) is 14.3 Å². The van der Waals surface area contributed by atoms with E-state index in [2.05, 4.69) is 10.4 Å². The number of carboxylic acid groups (broad SMARTS) is 1. The summed E-state index contributed by atoms with van der Waals surface area (Å²) in [5, 5.41) is 14.7. The number of primary amides is 1. The summed E-state index contributed by atoms with van der Waals surface area (Å²) < 4.78 is 1.26. The van der Waals surface area contributed by atoms with Crippen LogP contribution >= 0.6 is 0 Å². The Kier molecular flexibility index (Phi) is 3.87. The number of aryl methyl sites for hydroxylation is 1. The number of carboxylic acids is 1. The first-order chi connectivity index (χ1) is 8.32. The van der Waals surface area contributed by atoms with Crippen molar-refractivity contribution < 1.29 is 19.5 Å². The van der Waals surface area contributed by atoms with E-state index in [9.17, 15) is 14.4 Å². The number of carbonyl (C=O) groups excluding carboxylic acids is 2. The first kappa shape index (κ1) is 13.5. The Bertz CT molecular complexity index is 495. The number of carbonyl (C=O) groups is 3. The minimum atomic E-state index is -1.39. The molecular formula is C9H13N5O4. The quantitative estimate of drug-likeness (QED) is 0.480. The van der Waals surface area contributed by atoms with Gasteiger partial charge in [0, 0.05) is 7.05 Å². The van der Waals surface area contributed by atoms with Gasteiger partial charge in [0.25, 0.3) is 5.91 Å². The fraction of sp³-hybridized carbons (Fsp3) is 0.333. The van der Waals surface area contributed by atoms with Crippen LogP contribution in [0.4, 0.5) is 5.82 Å². The first-order valence-corrected chi connectivity index (χ1v) is 4.92. The van der Waals surface area contributed by atoms with E-state index in [1.807, 2.05) is 0 Å². The predicted octanol–water partition coefficient (Wildman–Crippen LogP) is -1.94. The van der Waals surface area contributed by atoms with E-state index in [4.69, 9.17) is 16.6 Å². The molecular weight excluding hydrogens is 242 g/mol. The largest absolute Gasteiger partial charge is 0.480 e. The molecule has 0 bridgehead atoms. The Morgan fingerprint density at radius 1 is 1.56 bits per heavy atom. The third-order valence-corrected chi connectivity index (χ3v) is 2.24. The van der Waals surface area contributed by atoms with E-state index in [0.29, 0.717) is 0 Å². The van der Waals surface area contributed by atoms with E-state index < -0.39 is 30.2 Å². The molecule has 0 saturated carbocycles. The molecule has 2 amide bonds. The van der Waals surface area contributed by atoms with Crippen molar-refractivity contribution >= 4 is 23.6 Å². The summed E-state index contributed by atoms with van der Waals surface area (Å²) in [6.45, 7) is 0. The summed E-state index contributed by atoms with van der Waals surface area (Å²) >= 11 is 0. The third kappa shape index (κ3) is 2.97. The molecule has 0 aliphatic heterocycles. The minimum Gasteiger partial charge on any atom is -0.480 e. The van der Waals surface area contributed by atoms with Gasteiger partial charge in [0.15, 0.2) is 0 Å². The van der Waals surface area contributed by atoms with Gasteiger partial charge < -0.3 is 21.9 Å². The summed E-state index contributed by atoms with van der Waals surface area (Å²) in [4.78, 5) is 33.2. The average molecular weight is 255 g/mol. The molecule has 0 aromatic carbocycles. The Morgan fingerprint density at radius 3 is 2.56 bits per heavy atom. The van der Waals surface area contributed by atoms with Crippen molar-refractivity contribution in [2.45, 2.75) is 12.5 Å². The lowest BCUT2D eigenvalue weighted by atomic mass is 10.2. The molecule has 9 heteroatoms. The zero-order chi connectivity index (χ0) is 13.9. The summed E-state index contributed by atoms with van der Waals surface area (Å²) in [7, 11) is 1.53. The smallest absolute Gasteiger partial charge is 0.326 e. The van der Waals surface area contributed by atoms with Gasteiger partial charge in [-0.2, -0.15) is 5.10 Å². The number of nitrogens with zero attached hydrogens (tertiary/aromatic N) is 2. The lowest BCUT2D eigenvalue weighted by Gasteiger charge is -2.12. The van der Waals surface area contributed by atoms with Crippen molar-refractivity contribution in [2.75, 3.05) is 5.73 Å². The molecule has 98 valence electrons. The average Bonchev–Trinajstić information content (AvgIpc) is 2.58. The van der Waals surface area contributed by atoms with Crippen LogP contribution < -0.4 is 16.8 Å². The molecule has 0 aliphatic carbocycles. The third-order valence-electron chi connectivity index (χ3n) is 2.24. The molecule has 1 aromatic heterocycles. The maximum absolute atomic E-state index is 11.7. The SMILES string of the molecule is Cn1ncc(C(=O)NC(CC(N)=O)C(=O)O)c1N. The molecule has 1 heterocycles. The highest BCUT2D eigenvalue weighted by Gasteiger charge is 2.24. The lowest BCUT2D eigenvalue weighted by molar-refractivity contribution is -0.140. The summed E-state index contributed by atoms with van der Waals surface area (Å²) in [5.41, 5.74) is 10.5. The topological polar surface area (TPSA) is 153 Å². The van der Waals surface area contributed by atoms with Crippen molar-refractivity contribution in [1.82, 2.24) is 15.1 Å². The molecule has 0 saturated heterocycles. The van der Waals surface area contributed by atoms with Crippen LogP contribution in [0.3, 0.4) is 0 Å². The van der Waals surface area contributed by atoms with Crippen LogP contribution in [-0.2, 0) is 16.6 Å². The second-order valence-corrected chi connectivity index (χ2v) is 3.60. The number of rotatable bonds is 5. The van der Waals surface area contributed by atoms with Crippen molar-refractivity contribution in [3.05, 3.63) is 11.8 Å². The number of hydrogen-bond donors (Lipinski definition) is 4. The van der Waals surface area contributed by atoms with Crippen molar-refractivity contribution in [3.63, 3.8) is 0 Å². The van der Waals surface area contributed by atoms with Gasteiger partial charge >= 0.3 is 5.97 Å². The highest BCUT2D eigenvalue weighted by atomic mass is 16.4. The minimum absolute atomic E-state index is 0.0354. The normalized spacial score (nSPS) is 11.8. The van der Waals surface area contributed by atoms with Crippen LogP contribution in [0.1, 0.15) is 16.8 Å². The number of nitrogens with two attached hydrogens (primary N) is 2. The molecule has 0 aliphatic rings. The number of anilines is 1. The van der Waals surface area contributed by atoms with Crippen LogP contribution in [-0.4, -0.2) is 38.7 Å². The van der Waals surface area contributed by atoms with Gasteiger partial charge in [-0.15, -0.1) is 0 Å². The molecule has 18 heavy (non-hydrogen) atoms. The molecule has 1 aromatic rings. The molecule has 1 unspecified atom stereocenters. The number of nitrogen functional groups attached to an aromatic ring is 1. The molecule has 0 spiro atoms. The highest BCUT2D eigenvalue weighted by Crippen LogP contribution is 2.09. The highest BCUT2D eigenvalue weighted by molar-refractivity contribution is 6.00. The number of aromatic nitrogens is 2. The Morgan fingerprint density at radius 2 is 2.17 bits per heavy atom. The van der Waals surface area contributed by atoms with Gasteiger partial charge in [-0.25, -0.2) is 4.79 Å². The van der Waals surface area contributed by atoms with E-state index in [1.165, 1.54) is 17.9 Å². The van der Waals surface area contributed by atoms with Crippen molar-refractivity contribution in [3.8, 4) is 0 Å². The second kappa shape index (κ2) is 5.17. The molecule has 9 nitrogen and oxygen atoms in total. The van der Waals surface area contributed by atoms with E-state index in [-0.39, 0.29) is 11.4 Å².